The fourth-order valence-corrected chi connectivity index (χ4v) is 9.11. The number of rotatable bonds is 4. The molecule has 35 heavy (non-hydrogen) atoms. The summed E-state index contributed by atoms with van der Waals surface area (Å²) in [6.07, 6.45) is 0. The SMILES string of the molecule is [CH2]C([CH2])(C(c1ccc(O)cc1)(C(C)(C)C)C(C)(C)C)C(c1ccc(O)cc1)(C(C)(C)C)C(C)(C)C. The molecule has 2 rings (SSSR count). The van der Waals surface area contributed by atoms with Crippen molar-refractivity contribution in [3.63, 3.8) is 0 Å². The average Bonchev–Trinajstić information content (AvgIpc) is 2.60. The Balaban J connectivity index is 3.30. The van der Waals surface area contributed by atoms with Crippen LogP contribution in [0.1, 0.15) is 94.2 Å². The van der Waals surface area contributed by atoms with Gasteiger partial charge in [-0.25, -0.2) is 0 Å². The van der Waals surface area contributed by atoms with Gasteiger partial charge in [0, 0.05) is 10.8 Å². The van der Waals surface area contributed by atoms with Gasteiger partial charge in [-0.05, 0) is 76.3 Å². The third-order valence-corrected chi connectivity index (χ3v) is 8.54. The van der Waals surface area contributed by atoms with E-state index >= 15 is 0 Å². The van der Waals surface area contributed by atoms with E-state index in [0.717, 1.165) is 11.1 Å². The molecule has 0 amide bonds. The van der Waals surface area contributed by atoms with Crippen molar-refractivity contribution in [1.29, 1.82) is 0 Å². The van der Waals surface area contributed by atoms with Gasteiger partial charge in [-0.1, -0.05) is 107 Å². The Labute approximate surface area is 216 Å². The summed E-state index contributed by atoms with van der Waals surface area (Å²) in [7, 11) is 0. The lowest BCUT2D eigenvalue weighted by molar-refractivity contribution is -0.136. The lowest BCUT2D eigenvalue weighted by Crippen LogP contribution is -2.72. The van der Waals surface area contributed by atoms with Gasteiger partial charge in [0.2, 0.25) is 0 Å². The fourth-order valence-electron chi connectivity index (χ4n) is 9.11. The molecule has 0 aromatic heterocycles. The first kappa shape index (κ1) is 29.3. The van der Waals surface area contributed by atoms with Crippen LogP contribution in [0.15, 0.2) is 48.5 Å². The minimum absolute atomic E-state index is 0.251. The highest BCUT2D eigenvalue weighted by Gasteiger charge is 2.71. The van der Waals surface area contributed by atoms with Gasteiger partial charge < -0.3 is 10.2 Å². The van der Waals surface area contributed by atoms with Crippen molar-refractivity contribution in [2.75, 3.05) is 0 Å². The zero-order valence-electron chi connectivity index (χ0n) is 24.4. The van der Waals surface area contributed by atoms with Crippen molar-refractivity contribution in [2.24, 2.45) is 27.1 Å². The van der Waals surface area contributed by atoms with Crippen LogP contribution in [-0.4, -0.2) is 10.2 Å². The van der Waals surface area contributed by atoms with Gasteiger partial charge >= 0.3 is 0 Å². The van der Waals surface area contributed by atoms with E-state index < -0.39 is 16.2 Å². The molecule has 0 unspecified atom stereocenters. The van der Waals surface area contributed by atoms with E-state index in [9.17, 15) is 10.2 Å². The Hall–Kier alpha value is -1.96. The Morgan fingerprint density at radius 1 is 0.429 bits per heavy atom. The van der Waals surface area contributed by atoms with E-state index in [1.165, 1.54) is 0 Å². The van der Waals surface area contributed by atoms with Gasteiger partial charge in [-0.2, -0.15) is 0 Å². The van der Waals surface area contributed by atoms with Crippen LogP contribution in [0.4, 0.5) is 0 Å². The van der Waals surface area contributed by atoms with Crippen molar-refractivity contribution >= 4 is 0 Å². The summed E-state index contributed by atoms with van der Waals surface area (Å²) in [6, 6.07) is 15.4. The van der Waals surface area contributed by atoms with Crippen LogP contribution in [0.25, 0.3) is 0 Å². The highest BCUT2D eigenvalue weighted by atomic mass is 16.3. The molecular weight excluding hydrogens is 428 g/mol. The summed E-state index contributed by atoms with van der Waals surface area (Å²) in [5.41, 5.74) is -0.683. The lowest BCUT2D eigenvalue weighted by atomic mass is 9.30. The van der Waals surface area contributed by atoms with Crippen LogP contribution in [0.2, 0.25) is 0 Å². The lowest BCUT2D eigenvalue weighted by Gasteiger charge is -2.73. The number of aromatic hydroxyl groups is 2. The Kier molecular flexibility index (Phi) is 7.16. The van der Waals surface area contributed by atoms with E-state index in [-0.39, 0.29) is 33.2 Å². The summed E-state index contributed by atoms with van der Waals surface area (Å²) >= 11 is 0. The van der Waals surface area contributed by atoms with E-state index in [0.29, 0.717) is 0 Å². The highest BCUT2D eigenvalue weighted by Crippen LogP contribution is 2.74. The summed E-state index contributed by atoms with van der Waals surface area (Å²) in [5, 5.41) is 20.4. The Bertz CT molecular complexity index is 884. The predicted molar refractivity (Wildman–Crippen MR) is 151 cm³/mol. The first-order chi connectivity index (χ1) is 15.5. The standard InChI is InChI=1S/C33H50O2/c1-27(2,3)32(28(4,5)6,23-15-19-25(34)20-16-23)31(13,14)33(29(7,8)9,30(10,11)12)24-17-21-26(35)22-18-24/h15-22,34-35H,13-14H2,1-12H3. The predicted octanol–water partition coefficient (Wildman–Crippen LogP) is 9.11. The van der Waals surface area contributed by atoms with Crippen molar-refractivity contribution < 1.29 is 10.2 Å². The topological polar surface area (TPSA) is 40.5 Å². The van der Waals surface area contributed by atoms with E-state index in [4.69, 9.17) is 13.8 Å². The average molecular weight is 479 g/mol. The van der Waals surface area contributed by atoms with Gasteiger partial charge in [-0.3, -0.25) is 0 Å². The number of phenols is 2. The third kappa shape index (κ3) is 4.09. The van der Waals surface area contributed by atoms with Crippen molar-refractivity contribution in [3.05, 3.63) is 73.5 Å². The molecule has 2 N–H and O–H groups in total. The van der Waals surface area contributed by atoms with Crippen molar-refractivity contribution in [3.8, 4) is 11.5 Å². The van der Waals surface area contributed by atoms with Gasteiger partial charge in [0.25, 0.3) is 0 Å². The smallest absolute Gasteiger partial charge is 0.115 e. The van der Waals surface area contributed by atoms with Crippen molar-refractivity contribution in [1.82, 2.24) is 0 Å². The summed E-state index contributed by atoms with van der Waals surface area (Å²) in [4.78, 5) is 0. The second kappa shape index (κ2) is 8.56. The maximum Gasteiger partial charge on any atom is 0.115 e. The van der Waals surface area contributed by atoms with Crippen LogP contribution in [0.5, 0.6) is 11.5 Å². The summed E-state index contributed by atoms with van der Waals surface area (Å²) < 4.78 is 0. The number of phenolic OH excluding ortho intramolecular Hbond substituents is 2. The second-order valence-corrected chi connectivity index (χ2v) is 14.7. The van der Waals surface area contributed by atoms with E-state index in [1.807, 2.05) is 0 Å². The van der Waals surface area contributed by atoms with Crippen LogP contribution in [-0.2, 0) is 10.8 Å². The van der Waals surface area contributed by atoms with Gasteiger partial charge in [0.15, 0.2) is 0 Å². The monoisotopic (exact) mass is 478 g/mol. The molecule has 0 saturated heterocycles. The molecule has 194 valence electrons. The largest absolute Gasteiger partial charge is 0.508 e. The minimum Gasteiger partial charge on any atom is -0.508 e. The fraction of sp³-hybridized carbons (Fsp3) is 0.576. The van der Waals surface area contributed by atoms with Gasteiger partial charge in [0.05, 0.1) is 0 Å². The van der Waals surface area contributed by atoms with Gasteiger partial charge in [0.1, 0.15) is 11.5 Å². The molecule has 0 bridgehead atoms. The van der Waals surface area contributed by atoms with Crippen LogP contribution < -0.4 is 0 Å². The highest BCUT2D eigenvalue weighted by molar-refractivity contribution is 5.48. The first-order valence-electron chi connectivity index (χ1n) is 12.8. The number of hydrogen-bond acceptors (Lipinski definition) is 2. The van der Waals surface area contributed by atoms with Crippen LogP contribution in [0.3, 0.4) is 0 Å². The molecule has 0 atom stereocenters. The van der Waals surface area contributed by atoms with Gasteiger partial charge in [-0.15, -0.1) is 0 Å². The zero-order chi connectivity index (χ0) is 27.5. The van der Waals surface area contributed by atoms with Crippen LogP contribution >= 0.6 is 0 Å². The summed E-state index contributed by atoms with van der Waals surface area (Å²) in [5.74, 6) is 0.501. The quantitative estimate of drug-likeness (QED) is 0.460. The first-order valence-corrected chi connectivity index (χ1v) is 12.8. The molecule has 0 aliphatic carbocycles. The molecule has 0 aliphatic rings. The molecule has 0 spiro atoms. The normalized spacial score (nSPS) is 14.8. The zero-order valence-corrected chi connectivity index (χ0v) is 24.4. The molecular formula is C33H50O2. The minimum atomic E-state index is -0.805. The Morgan fingerprint density at radius 2 is 0.629 bits per heavy atom. The number of hydrogen-bond donors (Lipinski definition) is 2. The molecule has 2 aromatic carbocycles. The number of benzene rings is 2. The van der Waals surface area contributed by atoms with Crippen molar-refractivity contribution in [2.45, 2.75) is 93.9 Å². The molecule has 2 aromatic rings. The molecule has 2 nitrogen and oxygen atoms in total. The molecule has 2 heteroatoms. The molecule has 0 heterocycles. The summed E-state index contributed by atoms with van der Waals surface area (Å²) in [6.45, 7) is 37.8. The third-order valence-electron chi connectivity index (χ3n) is 8.54. The maximum atomic E-state index is 10.2. The van der Waals surface area contributed by atoms with E-state index in [2.05, 4.69) is 107 Å². The molecule has 0 aliphatic heterocycles. The maximum absolute atomic E-state index is 10.2. The Morgan fingerprint density at radius 3 is 0.800 bits per heavy atom. The molecule has 2 radical (unpaired) electrons. The molecule has 0 fully saturated rings. The second-order valence-electron chi connectivity index (χ2n) is 14.7. The van der Waals surface area contributed by atoms with E-state index in [1.54, 1.807) is 24.3 Å². The van der Waals surface area contributed by atoms with Crippen LogP contribution in [0, 0.1) is 40.9 Å². The molecule has 0 saturated carbocycles.